The van der Waals surface area contributed by atoms with Gasteiger partial charge in [0, 0.05) is 11.8 Å². The van der Waals surface area contributed by atoms with E-state index in [1.807, 2.05) is 0 Å². The summed E-state index contributed by atoms with van der Waals surface area (Å²) in [6, 6.07) is 0.711. The number of hydrogen-bond donors (Lipinski definition) is 2. The third-order valence-corrected chi connectivity index (χ3v) is 1.82. The molecule has 1 aliphatic heterocycles. The summed E-state index contributed by atoms with van der Waals surface area (Å²) in [5.41, 5.74) is 0. The fraction of sp³-hybridized carbons (Fsp3) is 1.00. The summed E-state index contributed by atoms with van der Waals surface area (Å²) in [6.45, 7) is 1.20. The van der Waals surface area contributed by atoms with Crippen molar-refractivity contribution in [2.24, 2.45) is 0 Å². The highest BCUT2D eigenvalue weighted by Crippen LogP contribution is 2.04. The Hall–Kier alpha value is 0.600. The molecule has 50 valence electrons. The molecule has 3 heteroatoms. The first-order chi connectivity index (χ1) is 3.43. The van der Waals surface area contributed by atoms with E-state index >= 15 is 0 Å². The van der Waals surface area contributed by atoms with E-state index in [4.69, 9.17) is 0 Å². The van der Waals surface area contributed by atoms with Gasteiger partial charge in [-0.15, -0.1) is 12.4 Å². The Labute approximate surface area is 62.1 Å². The van der Waals surface area contributed by atoms with Crippen LogP contribution in [-0.2, 0) is 0 Å². The summed E-state index contributed by atoms with van der Waals surface area (Å²) < 4.78 is 0. The zero-order valence-corrected chi connectivity index (χ0v) is 6.47. The smallest absolute Gasteiger partial charge is 0.0156 e. The third-order valence-electron chi connectivity index (χ3n) is 1.38. The van der Waals surface area contributed by atoms with E-state index < -0.39 is 0 Å². The second-order valence-corrected chi connectivity index (χ2v) is 2.34. The minimum Gasteiger partial charge on any atom is -0.313 e. The van der Waals surface area contributed by atoms with Gasteiger partial charge in [0.2, 0.25) is 0 Å². The number of thiol groups is 1. The van der Waals surface area contributed by atoms with Gasteiger partial charge in [-0.05, 0) is 19.4 Å². The number of nitrogens with one attached hydrogen (secondary N) is 1. The molecule has 0 aromatic heterocycles. The average Bonchev–Trinajstić information content (AvgIpc) is 2.14. The van der Waals surface area contributed by atoms with Crippen molar-refractivity contribution < 1.29 is 0 Å². The van der Waals surface area contributed by atoms with Gasteiger partial charge in [-0.1, -0.05) is 0 Å². The molecule has 0 saturated carbocycles. The van der Waals surface area contributed by atoms with Crippen molar-refractivity contribution in [1.29, 1.82) is 0 Å². The third kappa shape index (κ3) is 2.25. The summed E-state index contributed by atoms with van der Waals surface area (Å²) in [7, 11) is 0. The molecular formula is C5H12ClNS. The summed E-state index contributed by atoms with van der Waals surface area (Å²) in [4.78, 5) is 0. The molecule has 1 atom stereocenters. The van der Waals surface area contributed by atoms with Gasteiger partial charge in [0.15, 0.2) is 0 Å². The maximum absolute atomic E-state index is 4.15. The SMILES string of the molecule is Cl.SCC1CCCN1. The van der Waals surface area contributed by atoms with Crippen LogP contribution >= 0.6 is 25.0 Å². The second-order valence-electron chi connectivity index (χ2n) is 1.98. The van der Waals surface area contributed by atoms with Crippen LogP contribution in [0.1, 0.15) is 12.8 Å². The van der Waals surface area contributed by atoms with Gasteiger partial charge < -0.3 is 5.32 Å². The van der Waals surface area contributed by atoms with Gasteiger partial charge in [0.25, 0.3) is 0 Å². The van der Waals surface area contributed by atoms with Crippen molar-refractivity contribution in [2.75, 3.05) is 12.3 Å². The fourth-order valence-electron chi connectivity index (χ4n) is 0.913. The Bertz CT molecular complexity index is 54.4. The second kappa shape index (κ2) is 4.48. The molecule has 0 amide bonds. The standard InChI is InChI=1S/C5H11NS.ClH/c7-4-5-2-1-3-6-5;/h5-7H,1-4H2;1H. The Balaban J connectivity index is 0.000000490. The molecule has 8 heavy (non-hydrogen) atoms. The molecule has 1 nitrogen and oxygen atoms in total. The van der Waals surface area contributed by atoms with Crippen LogP contribution in [0.15, 0.2) is 0 Å². The van der Waals surface area contributed by atoms with Crippen molar-refractivity contribution in [2.45, 2.75) is 18.9 Å². The van der Waals surface area contributed by atoms with Gasteiger partial charge in [0.05, 0.1) is 0 Å². The highest BCUT2D eigenvalue weighted by Gasteiger charge is 2.10. The lowest BCUT2D eigenvalue weighted by Crippen LogP contribution is -2.22. The molecule has 1 aliphatic rings. The Morgan fingerprint density at radius 1 is 1.62 bits per heavy atom. The van der Waals surface area contributed by atoms with Crippen molar-refractivity contribution >= 4 is 25.0 Å². The molecular weight excluding hydrogens is 142 g/mol. The zero-order chi connectivity index (χ0) is 5.11. The predicted octanol–water partition coefficient (Wildman–Crippen LogP) is 1.09. The first-order valence-corrected chi connectivity index (χ1v) is 3.41. The van der Waals surface area contributed by atoms with Crippen LogP contribution in [0.2, 0.25) is 0 Å². The lowest BCUT2D eigenvalue weighted by Gasteiger charge is -2.01. The van der Waals surface area contributed by atoms with Gasteiger partial charge in [-0.25, -0.2) is 0 Å². The normalized spacial score (nSPS) is 27.4. The largest absolute Gasteiger partial charge is 0.313 e. The maximum atomic E-state index is 4.15. The predicted molar refractivity (Wildman–Crippen MR) is 42.1 cm³/mol. The van der Waals surface area contributed by atoms with E-state index in [1.165, 1.54) is 19.4 Å². The van der Waals surface area contributed by atoms with Crippen LogP contribution in [0.3, 0.4) is 0 Å². The fourth-order valence-corrected chi connectivity index (χ4v) is 1.22. The molecule has 1 N–H and O–H groups in total. The average molecular weight is 154 g/mol. The molecule has 0 radical (unpaired) electrons. The van der Waals surface area contributed by atoms with Crippen LogP contribution in [-0.4, -0.2) is 18.3 Å². The molecule has 0 aliphatic carbocycles. The van der Waals surface area contributed by atoms with E-state index in [0.717, 1.165) is 5.75 Å². The van der Waals surface area contributed by atoms with Crippen molar-refractivity contribution in [1.82, 2.24) is 5.32 Å². The van der Waals surface area contributed by atoms with Crippen molar-refractivity contribution in [3.05, 3.63) is 0 Å². The summed E-state index contributed by atoms with van der Waals surface area (Å²) in [5, 5.41) is 3.33. The zero-order valence-electron chi connectivity index (χ0n) is 4.76. The van der Waals surface area contributed by atoms with E-state index in [1.54, 1.807) is 0 Å². The molecule has 0 spiro atoms. The molecule has 1 rings (SSSR count). The molecule has 1 fully saturated rings. The van der Waals surface area contributed by atoms with E-state index in [0.29, 0.717) is 6.04 Å². The number of halogens is 1. The van der Waals surface area contributed by atoms with Gasteiger partial charge in [-0.2, -0.15) is 12.6 Å². The van der Waals surface area contributed by atoms with E-state index in [9.17, 15) is 0 Å². The van der Waals surface area contributed by atoms with Gasteiger partial charge >= 0.3 is 0 Å². The van der Waals surface area contributed by atoms with Crippen LogP contribution in [0.25, 0.3) is 0 Å². The Kier molecular flexibility index (Phi) is 4.81. The first-order valence-electron chi connectivity index (χ1n) is 2.77. The summed E-state index contributed by atoms with van der Waals surface area (Å²) >= 11 is 4.15. The Morgan fingerprint density at radius 2 is 2.38 bits per heavy atom. The monoisotopic (exact) mass is 153 g/mol. The summed E-state index contributed by atoms with van der Waals surface area (Å²) in [6.07, 6.45) is 2.66. The highest BCUT2D eigenvalue weighted by molar-refractivity contribution is 7.80. The van der Waals surface area contributed by atoms with Gasteiger partial charge in [-0.3, -0.25) is 0 Å². The minimum absolute atomic E-state index is 0. The quantitative estimate of drug-likeness (QED) is 0.538. The molecule has 0 bridgehead atoms. The molecule has 0 aromatic rings. The molecule has 1 saturated heterocycles. The van der Waals surface area contributed by atoms with Crippen LogP contribution in [0.5, 0.6) is 0 Å². The number of hydrogen-bond acceptors (Lipinski definition) is 2. The number of rotatable bonds is 1. The molecule has 0 aromatic carbocycles. The topological polar surface area (TPSA) is 12.0 Å². The van der Waals surface area contributed by atoms with Crippen molar-refractivity contribution in [3.8, 4) is 0 Å². The van der Waals surface area contributed by atoms with E-state index in [-0.39, 0.29) is 12.4 Å². The van der Waals surface area contributed by atoms with E-state index in [2.05, 4.69) is 17.9 Å². The highest BCUT2D eigenvalue weighted by atomic mass is 35.5. The maximum Gasteiger partial charge on any atom is 0.0156 e. The first kappa shape index (κ1) is 8.60. The van der Waals surface area contributed by atoms with Crippen LogP contribution in [0, 0.1) is 0 Å². The molecule has 1 heterocycles. The van der Waals surface area contributed by atoms with Crippen LogP contribution < -0.4 is 5.32 Å². The minimum atomic E-state index is 0. The van der Waals surface area contributed by atoms with Gasteiger partial charge in [0.1, 0.15) is 0 Å². The van der Waals surface area contributed by atoms with Crippen LogP contribution in [0.4, 0.5) is 0 Å². The lowest BCUT2D eigenvalue weighted by atomic mass is 10.3. The molecule has 1 unspecified atom stereocenters. The lowest BCUT2D eigenvalue weighted by molar-refractivity contribution is 0.675. The Morgan fingerprint density at radius 3 is 2.62 bits per heavy atom. The van der Waals surface area contributed by atoms with Crippen molar-refractivity contribution in [3.63, 3.8) is 0 Å². The summed E-state index contributed by atoms with van der Waals surface area (Å²) in [5.74, 6) is 1.00.